The van der Waals surface area contributed by atoms with E-state index >= 15 is 0 Å². The number of aliphatic hydroxyl groups excluding tert-OH is 1. The molecule has 0 unspecified atom stereocenters. The highest BCUT2D eigenvalue weighted by molar-refractivity contribution is 7.89. The molecular formula is C18H25FN2O5S. The fraction of sp³-hybridized carbons (Fsp3) is 0.611. The number of halogens is 1. The topological polar surface area (TPSA) is 105 Å². The summed E-state index contributed by atoms with van der Waals surface area (Å²) in [5.74, 6) is -0.404. The molecule has 2 aliphatic rings. The van der Waals surface area contributed by atoms with Gasteiger partial charge in [0.1, 0.15) is 5.82 Å². The van der Waals surface area contributed by atoms with Crippen LogP contribution in [0, 0.1) is 11.7 Å². The molecule has 1 aliphatic carbocycles. The van der Waals surface area contributed by atoms with Gasteiger partial charge in [-0.15, -0.1) is 0 Å². The van der Waals surface area contributed by atoms with Gasteiger partial charge in [0.15, 0.2) is 0 Å². The number of sulfonamides is 1. The fourth-order valence-electron chi connectivity index (χ4n) is 3.23. The molecule has 3 atom stereocenters. The van der Waals surface area contributed by atoms with E-state index in [-0.39, 0.29) is 29.4 Å². The predicted octanol–water partition coefficient (Wildman–Crippen LogP) is 0.929. The summed E-state index contributed by atoms with van der Waals surface area (Å²) in [6, 6.07) is 4.17. The normalized spacial score (nSPS) is 25.9. The van der Waals surface area contributed by atoms with Crippen LogP contribution in [-0.4, -0.2) is 50.8 Å². The number of hydrogen-bond donors (Lipinski definition) is 3. The van der Waals surface area contributed by atoms with E-state index in [9.17, 15) is 22.7 Å². The second-order valence-electron chi connectivity index (χ2n) is 7.10. The molecule has 1 aromatic rings. The Hall–Kier alpha value is -1.55. The average Bonchev–Trinajstić information content (AvgIpc) is 3.48. The molecular weight excluding hydrogens is 375 g/mol. The molecule has 1 aliphatic heterocycles. The molecule has 1 saturated heterocycles. The molecule has 3 rings (SSSR count). The molecule has 2 fully saturated rings. The molecule has 1 saturated carbocycles. The Balaban J connectivity index is 1.52. The first-order valence-electron chi connectivity index (χ1n) is 9.21. The first-order chi connectivity index (χ1) is 12.9. The van der Waals surface area contributed by atoms with E-state index in [1.807, 2.05) is 0 Å². The summed E-state index contributed by atoms with van der Waals surface area (Å²) in [7, 11) is -3.91. The number of carbonyl (C=O) groups excluding carboxylic acids is 1. The summed E-state index contributed by atoms with van der Waals surface area (Å²) < 4.78 is 46.5. The third-order valence-corrected chi connectivity index (χ3v) is 6.41. The van der Waals surface area contributed by atoms with Crippen molar-refractivity contribution in [2.45, 2.75) is 55.2 Å². The third kappa shape index (κ3) is 5.47. The highest BCUT2D eigenvalue weighted by atomic mass is 32.2. The van der Waals surface area contributed by atoms with Crippen LogP contribution >= 0.6 is 0 Å². The minimum absolute atomic E-state index is 0.0743. The fourth-order valence-corrected chi connectivity index (χ4v) is 4.56. The maximum absolute atomic E-state index is 13.3. The van der Waals surface area contributed by atoms with Gasteiger partial charge in [-0.3, -0.25) is 4.79 Å². The van der Waals surface area contributed by atoms with E-state index in [2.05, 4.69) is 10.0 Å². The number of aliphatic hydroxyl groups is 1. The molecule has 1 amide bonds. The largest absolute Gasteiger partial charge is 0.394 e. The molecule has 7 nitrogen and oxygen atoms in total. The van der Waals surface area contributed by atoms with Crippen molar-refractivity contribution in [2.75, 3.05) is 13.2 Å². The monoisotopic (exact) mass is 400 g/mol. The predicted molar refractivity (Wildman–Crippen MR) is 95.8 cm³/mol. The number of rotatable bonds is 8. The van der Waals surface area contributed by atoms with Crippen molar-refractivity contribution in [3.63, 3.8) is 0 Å². The van der Waals surface area contributed by atoms with Crippen LogP contribution in [0.5, 0.6) is 0 Å². The molecule has 27 heavy (non-hydrogen) atoms. The van der Waals surface area contributed by atoms with Crippen molar-refractivity contribution in [3.05, 3.63) is 30.1 Å². The van der Waals surface area contributed by atoms with Gasteiger partial charge < -0.3 is 15.2 Å². The standard InChI is InChI=1S/C18H25FN2O5S/c19-13-2-1-3-15(10-13)27(24,25)21-16-7-6-14(26-17(16)11-22)8-9-20-18(23)12-4-5-12/h1-3,10,12,14,16-17,21-22H,4-9,11H2,(H,20,23)/t14-,16+,17-/m0/s1. The Morgan fingerprint density at radius 3 is 2.70 bits per heavy atom. The second-order valence-corrected chi connectivity index (χ2v) is 8.81. The number of benzene rings is 1. The van der Waals surface area contributed by atoms with Crippen LogP contribution in [0.2, 0.25) is 0 Å². The molecule has 0 bridgehead atoms. The van der Waals surface area contributed by atoms with Crippen molar-refractivity contribution < 1.29 is 27.4 Å². The summed E-state index contributed by atoms with van der Waals surface area (Å²) in [5.41, 5.74) is 0. The SMILES string of the molecule is O=C(NCC[C@@H]1CC[C@@H](NS(=O)(=O)c2cccc(F)c2)[C@H](CO)O1)C1CC1. The van der Waals surface area contributed by atoms with Crippen LogP contribution in [0.3, 0.4) is 0 Å². The summed E-state index contributed by atoms with van der Waals surface area (Å²) in [6.07, 6.45) is 2.76. The molecule has 0 spiro atoms. The van der Waals surface area contributed by atoms with Crippen molar-refractivity contribution in [1.29, 1.82) is 0 Å². The van der Waals surface area contributed by atoms with Crippen LogP contribution in [0.4, 0.5) is 4.39 Å². The summed E-state index contributed by atoms with van der Waals surface area (Å²) in [5, 5.41) is 12.5. The zero-order valence-corrected chi connectivity index (χ0v) is 15.8. The maximum Gasteiger partial charge on any atom is 0.241 e. The van der Waals surface area contributed by atoms with E-state index in [0.717, 1.165) is 18.9 Å². The smallest absolute Gasteiger partial charge is 0.241 e. The zero-order valence-electron chi connectivity index (χ0n) is 14.9. The van der Waals surface area contributed by atoms with Gasteiger partial charge in [0.05, 0.1) is 29.8 Å². The molecule has 0 radical (unpaired) electrons. The molecule has 9 heteroatoms. The molecule has 1 aromatic carbocycles. The van der Waals surface area contributed by atoms with Gasteiger partial charge >= 0.3 is 0 Å². The molecule has 1 heterocycles. The van der Waals surface area contributed by atoms with E-state index in [1.54, 1.807) is 0 Å². The second kappa shape index (κ2) is 8.64. The van der Waals surface area contributed by atoms with Crippen molar-refractivity contribution in [3.8, 4) is 0 Å². The van der Waals surface area contributed by atoms with E-state index < -0.39 is 28.0 Å². The first kappa shape index (κ1) is 20.2. The highest BCUT2D eigenvalue weighted by Gasteiger charge is 2.34. The van der Waals surface area contributed by atoms with Crippen LogP contribution in [0.25, 0.3) is 0 Å². The highest BCUT2D eigenvalue weighted by Crippen LogP contribution is 2.29. The molecule has 0 aromatic heterocycles. The van der Waals surface area contributed by atoms with Crippen molar-refractivity contribution in [1.82, 2.24) is 10.0 Å². The number of ether oxygens (including phenoxy) is 1. The van der Waals surface area contributed by atoms with E-state index in [1.165, 1.54) is 18.2 Å². The summed E-state index contributed by atoms with van der Waals surface area (Å²) in [6.45, 7) is 0.166. The molecule has 150 valence electrons. The first-order valence-corrected chi connectivity index (χ1v) is 10.7. The Morgan fingerprint density at radius 1 is 1.26 bits per heavy atom. The van der Waals surface area contributed by atoms with Gasteiger partial charge in [-0.05, 0) is 50.3 Å². The lowest BCUT2D eigenvalue weighted by molar-refractivity contribution is -0.122. The van der Waals surface area contributed by atoms with Crippen LogP contribution in [0.15, 0.2) is 29.2 Å². The van der Waals surface area contributed by atoms with Gasteiger partial charge in [-0.1, -0.05) is 6.07 Å². The Labute approximate surface area is 158 Å². The van der Waals surface area contributed by atoms with Crippen molar-refractivity contribution in [2.24, 2.45) is 5.92 Å². The number of amides is 1. The summed E-state index contributed by atoms with van der Waals surface area (Å²) >= 11 is 0. The quantitative estimate of drug-likeness (QED) is 0.602. The minimum atomic E-state index is -3.91. The van der Waals surface area contributed by atoms with Crippen LogP contribution in [0.1, 0.15) is 32.1 Å². The maximum atomic E-state index is 13.3. The Morgan fingerprint density at radius 2 is 2.04 bits per heavy atom. The van der Waals surface area contributed by atoms with Gasteiger partial charge in [0, 0.05) is 12.5 Å². The van der Waals surface area contributed by atoms with E-state index in [0.29, 0.717) is 25.8 Å². The van der Waals surface area contributed by atoms with Crippen LogP contribution < -0.4 is 10.0 Å². The van der Waals surface area contributed by atoms with Gasteiger partial charge in [-0.25, -0.2) is 17.5 Å². The van der Waals surface area contributed by atoms with Crippen LogP contribution in [-0.2, 0) is 19.6 Å². The van der Waals surface area contributed by atoms with Gasteiger partial charge in [0.2, 0.25) is 15.9 Å². The third-order valence-electron chi connectivity index (χ3n) is 4.92. The Kier molecular flexibility index (Phi) is 6.46. The summed E-state index contributed by atoms with van der Waals surface area (Å²) in [4.78, 5) is 11.5. The lowest BCUT2D eigenvalue weighted by Crippen LogP contribution is -2.51. The Bertz CT molecular complexity index is 769. The van der Waals surface area contributed by atoms with Gasteiger partial charge in [-0.2, -0.15) is 0 Å². The number of nitrogens with one attached hydrogen (secondary N) is 2. The number of carbonyl (C=O) groups is 1. The van der Waals surface area contributed by atoms with Crippen molar-refractivity contribution >= 4 is 15.9 Å². The minimum Gasteiger partial charge on any atom is -0.394 e. The lowest BCUT2D eigenvalue weighted by atomic mass is 9.98. The zero-order chi connectivity index (χ0) is 19.4. The van der Waals surface area contributed by atoms with Gasteiger partial charge in [0.25, 0.3) is 0 Å². The molecule has 3 N–H and O–H groups in total. The van der Waals surface area contributed by atoms with E-state index in [4.69, 9.17) is 4.74 Å². The lowest BCUT2D eigenvalue weighted by Gasteiger charge is -2.36. The average molecular weight is 400 g/mol. The number of hydrogen-bond acceptors (Lipinski definition) is 5.